The molecule has 0 spiro atoms. The van der Waals surface area contributed by atoms with E-state index in [0.717, 1.165) is 0 Å². The van der Waals surface area contributed by atoms with Crippen LogP contribution in [0, 0.1) is 5.92 Å². The van der Waals surface area contributed by atoms with Crippen molar-refractivity contribution in [2.75, 3.05) is 5.32 Å². The van der Waals surface area contributed by atoms with Crippen LogP contribution in [0.25, 0.3) is 0 Å². The molecule has 0 aliphatic heterocycles. The first-order valence-corrected chi connectivity index (χ1v) is 4.79. The Hall–Kier alpha value is -1.19. The minimum Gasteiger partial charge on any atom is -0.374 e. The van der Waals surface area contributed by atoms with Crippen LogP contribution in [-0.2, 0) is 0 Å². The van der Waals surface area contributed by atoms with Crippen LogP contribution < -0.4 is 5.32 Å². The number of nitrogens with one attached hydrogen (secondary N) is 1. The summed E-state index contributed by atoms with van der Waals surface area (Å²) >= 11 is 0. The van der Waals surface area contributed by atoms with Crippen molar-refractivity contribution in [2.24, 2.45) is 5.92 Å². The fourth-order valence-corrected chi connectivity index (χ4v) is 1.34. The van der Waals surface area contributed by atoms with E-state index >= 15 is 0 Å². The van der Waals surface area contributed by atoms with Crippen LogP contribution in [0.1, 0.15) is 13.8 Å². The molecule has 0 radical (unpaired) electrons. The first-order valence-electron chi connectivity index (χ1n) is 4.79. The highest BCUT2D eigenvalue weighted by Crippen LogP contribution is 2.28. The molecule has 84 valence electrons. The summed E-state index contributed by atoms with van der Waals surface area (Å²) in [6.45, 7) is 3.10. The third-order valence-electron chi connectivity index (χ3n) is 2.12. The Morgan fingerprint density at radius 2 is 1.60 bits per heavy atom. The number of para-hydroxylation sites is 1. The molecule has 0 aromatic heterocycles. The predicted molar refractivity (Wildman–Crippen MR) is 54.7 cm³/mol. The standard InChI is InChI=1S/C11H14F3N/c1-8(2)10(11(12,13)14)15-9-6-4-3-5-7-9/h3-8,10,15H,1-2H3. The molecular weight excluding hydrogens is 203 g/mol. The largest absolute Gasteiger partial charge is 0.408 e. The minimum atomic E-state index is -4.22. The summed E-state index contributed by atoms with van der Waals surface area (Å²) in [5, 5.41) is 2.49. The first-order chi connectivity index (χ1) is 6.91. The number of alkyl halides is 3. The highest BCUT2D eigenvalue weighted by atomic mass is 19.4. The molecule has 0 heterocycles. The van der Waals surface area contributed by atoms with Crippen LogP contribution in [0.4, 0.5) is 18.9 Å². The second-order valence-corrected chi connectivity index (χ2v) is 3.77. The van der Waals surface area contributed by atoms with Crippen LogP contribution in [-0.4, -0.2) is 12.2 Å². The summed E-state index contributed by atoms with van der Waals surface area (Å²) in [6, 6.07) is 6.93. The molecule has 0 saturated heterocycles. The second kappa shape index (κ2) is 4.55. The number of benzene rings is 1. The van der Waals surface area contributed by atoms with E-state index < -0.39 is 18.1 Å². The van der Waals surface area contributed by atoms with Gasteiger partial charge in [0.15, 0.2) is 0 Å². The Morgan fingerprint density at radius 3 is 2.00 bits per heavy atom. The lowest BCUT2D eigenvalue weighted by atomic mass is 10.0. The fraction of sp³-hybridized carbons (Fsp3) is 0.455. The zero-order valence-corrected chi connectivity index (χ0v) is 8.68. The van der Waals surface area contributed by atoms with E-state index in [0.29, 0.717) is 5.69 Å². The highest BCUT2D eigenvalue weighted by Gasteiger charge is 2.41. The quantitative estimate of drug-likeness (QED) is 0.814. The first kappa shape index (κ1) is 11.9. The van der Waals surface area contributed by atoms with Gasteiger partial charge in [-0.05, 0) is 18.1 Å². The normalized spacial score (nSPS) is 14.0. The highest BCUT2D eigenvalue weighted by molar-refractivity contribution is 5.43. The molecule has 4 heteroatoms. The molecule has 1 aromatic carbocycles. The van der Waals surface area contributed by atoms with Crippen LogP contribution in [0.3, 0.4) is 0 Å². The van der Waals surface area contributed by atoms with Crippen LogP contribution in [0.2, 0.25) is 0 Å². The maximum absolute atomic E-state index is 12.6. The molecule has 1 unspecified atom stereocenters. The summed E-state index contributed by atoms with van der Waals surface area (Å²) in [5.74, 6) is -0.495. The van der Waals surface area contributed by atoms with E-state index in [1.165, 1.54) is 0 Å². The van der Waals surface area contributed by atoms with Gasteiger partial charge in [-0.3, -0.25) is 0 Å². The van der Waals surface area contributed by atoms with Crippen LogP contribution in [0.15, 0.2) is 30.3 Å². The molecule has 1 N–H and O–H groups in total. The number of hydrogen-bond donors (Lipinski definition) is 1. The smallest absolute Gasteiger partial charge is 0.374 e. The zero-order chi connectivity index (χ0) is 11.5. The molecule has 0 bridgehead atoms. The van der Waals surface area contributed by atoms with Crippen molar-refractivity contribution in [3.63, 3.8) is 0 Å². The van der Waals surface area contributed by atoms with Crippen LogP contribution in [0.5, 0.6) is 0 Å². The average molecular weight is 217 g/mol. The van der Waals surface area contributed by atoms with E-state index in [2.05, 4.69) is 5.32 Å². The summed E-state index contributed by atoms with van der Waals surface area (Å²) in [7, 11) is 0. The molecule has 0 amide bonds. The molecule has 0 fully saturated rings. The Balaban J connectivity index is 2.77. The van der Waals surface area contributed by atoms with Gasteiger partial charge in [0.05, 0.1) is 0 Å². The zero-order valence-electron chi connectivity index (χ0n) is 8.68. The third-order valence-corrected chi connectivity index (χ3v) is 2.12. The summed E-state index contributed by atoms with van der Waals surface area (Å²) in [5.41, 5.74) is 0.494. The van der Waals surface area contributed by atoms with Gasteiger partial charge < -0.3 is 5.32 Å². The molecule has 15 heavy (non-hydrogen) atoms. The molecule has 1 nitrogen and oxygen atoms in total. The van der Waals surface area contributed by atoms with E-state index in [4.69, 9.17) is 0 Å². The van der Waals surface area contributed by atoms with E-state index in [9.17, 15) is 13.2 Å². The van der Waals surface area contributed by atoms with Crippen molar-refractivity contribution in [3.05, 3.63) is 30.3 Å². The maximum Gasteiger partial charge on any atom is 0.408 e. The fourth-order valence-electron chi connectivity index (χ4n) is 1.34. The molecule has 0 aliphatic rings. The van der Waals surface area contributed by atoms with Gasteiger partial charge in [-0.25, -0.2) is 0 Å². The maximum atomic E-state index is 12.6. The summed E-state index contributed by atoms with van der Waals surface area (Å²) in [4.78, 5) is 0. The monoisotopic (exact) mass is 217 g/mol. The lowest BCUT2D eigenvalue weighted by Crippen LogP contribution is -2.40. The number of hydrogen-bond acceptors (Lipinski definition) is 1. The van der Waals surface area contributed by atoms with Gasteiger partial charge >= 0.3 is 6.18 Å². The third kappa shape index (κ3) is 3.46. The number of anilines is 1. The van der Waals surface area contributed by atoms with Crippen molar-refractivity contribution in [1.29, 1.82) is 0 Å². The topological polar surface area (TPSA) is 12.0 Å². The van der Waals surface area contributed by atoms with Crippen molar-refractivity contribution in [1.82, 2.24) is 0 Å². The van der Waals surface area contributed by atoms with Crippen LogP contribution >= 0.6 is 0 Å². The van der Waals surface area contributed by atoms with Gasteiger partial charge in [-0.1, -0.05) is 32.0 Å². The Morgan fingerprint density at radius 1 is 1.07 bits per heavy atom. The lowest BCUT2D eigenvalue weighted by Gasteiger charge is -2.25. The Kier molecular flexibility index (Phi) is 3.61. The Bertz CT molecular complexity index is 292. The summed E-state index contributed by atoms with van der Waals surface area (Å²) < 4.78 is 37.8. The van der Waals surface area contributed by atoms with Gasteiger partial charge in [0.1, 0.15) is 6.04 Å². The lowest BCUT2D eigenvalue weighted by molar-refractivity contribution is -0.150. The van der Waals surface area contributed by atoms with Gasteiger partial charge in [0.2, 0.25) is 0 Å². The number of rotatable bonds is 3. The van der Waals surface area contributed by atoms with Gasteiger partial charge in [0.25, 0.3) is 0 Å². The average Bonchev–Trinajstić information content (AvgIpc) is 2.13. The molecular formula is C11H14F3N. The van der Waals surface area contributed by atoms with Gasteiger partial charge in [-0.2, -0.15) is 13.2 Å². The molecule has 1 atom stereocenters. The van der Waals surface area contributed by atoms with E-state index in [1.54, 1.807) is 44.2 Å². The predicted octanol–water partition coefficient (Wildman–Crippen LogP) is 3.69. The van der Waals surface area contributed by atoms with Crippen molar-refractivity contribution in [3.8, 4) is 0 Å². The number of halogens is 3. The Labute approximate surface area is 87.3 Å². The SMILES string of the molecule is CC(C)C(Nc1ccccc1)C(F)(F)F. The molecule has 1 aromatic rings. The van der Waals surface area contributed by atoms with Gasteiger partial charge in [-0.15, -0.1) is 0 Å². The molecule has 1 rings (SSSR count). The van der Waals surface area contributed by atoms with Gasteiger partial charge in [0, 0.05) is 5.69 Å². The minimum absolute atomic E-state index is 0.494. The molecule has 0 saturated carbocycles. The van der Waals surface area contributed by atoms with Crippen molar-refractivity contribution in [2.45, 2.75) is 26.1 Å². The van der Waals surface area contributed by atoms with E-state index in [1.807, 2.05) is 0 Å². The van der Waals surface area contributed by atoms with E-state index in [-0.39, 0.29) is 0 Å². The summed E-state index contributed by atoms with van der Waals surface area (Å²) in [6.07, 6.45) is -4.22. The van der Waals surface area contributed by atoms with Crippen molar-refractivity contribution >= 4 is 5.69 Å². The second-order valence-electron chi connectivity index (χ2n) is 3.77. The van der Waals surface area contributed by atoms with Crippen molar-refractivity contribution < 1.29 is 13.2 Å². The molecule has 0 aliphatic carbocycles.